The van der Waals surface area contributed by atoms with Crippen LogP contribution in [-0.2, 0) is 17.8 Å². The molecule has 144 valence electrons. The van der Waals surface area contributed by atoms with E-state index in [1.165, 1.54) is 19.3 Å². The van der Waals surface area contributed by atoms with Crippen molar-refractivity contribution in [2.24, 2.45) is 5.92 Å². The highest BCUT2D eigenvalue weighted by Gasteiger charge is 2.25. The first kappa shape index (κ1) is 20.2. The van der Waals surface area contributed by atoms with Gasteiger partial charge in [0.1, 0.15) is 5.60 Å². The number of ether oxygens (including phenoxy) is 1. The molecule has 1 aromatic carbocycles. The summed E-state index contributed by atoms with van der Waals surface area (Å²) in [5.74, 6) is 0.519. The van der Waals surface area contributed by atoms with Crippen molar-refractivity contribution in [1.29, 1.82) is 0 Å². The van der Waals surface area contributed by atoms with Crippen molar-refractivity contribution in [3.63, 3.8) is 0 Å². The summed E-state index contributed by atoms with van der Waals surface area (Å²) in [7, 11) is 0. The van der Waals surface area contributed by atoms with Crippen LogP contribution in [0.25, 0.3) is 0 Å². The second kappa shape index (κ2) is 9.01. The zero-order valence-electron chi connectivity index (χ0n) is 16.1. The Bertz CT molecular complexity index is 601. The van der Waals surface area contributed by atoms with Gasteiger partial charge in [0.2, 0.25) is 6.54 Å². The molecule has 0 spiro atoms. The normalized spacial score (nSPS) is 15.5. The van der Waals surface area contributed by atoms with Gasteiger partial charge in [0.05, 0.1) is 0 Å². The van der Waals surface area contributed by atoms with Gasteiger partial charge in [-0.15, -0.1) is 0 Å². The van der Waals surface area contributed by atoms with Gasteiger partial charge in [0.15, 0.2) is 0 Å². The van der Waals surface area contributed by atoms with Gasteiger partial charge in [0.25, 0.3) is 0 Å². The van der Waals surface area contributed by atoms with E-state index >= 15 is 0 Å². The van der Waals surface area contributed by atoms with Gasteiger partial charge >= 0.3 is 6.09 Å². The number of carbonyl (C=O) groups is 1. The highest BCUT2D eigenvalue weighted by atomic mass is 16.6. The van der Waals surface area contributed by atoms with Crippen molar-refractivity contribution in [3.8, 4) is 0 Å². The number of benzene rings is 1. The van der Waals surface area contributed by atoms with Crippen molar-refractivity contribution in [2.75, 3.05) is 6.54 Å². The number of hydrogen-bond acceptors (Lipinski definition) is 4. The van der Waals surface area contributed by atoms with Crippen LogP contribution in [0, 0.1) is 16.0 Å². The first-order valence-corrected chi connectivity index (χ1v) is 9.40. The highest BCUT2D eigenvalue weighted by molar-refractivity contribution is 5.68. The third-order valence-corrected chi connectivity index (χ3v) is 4.56. The summed E-state index contributed by atoms with van der Waals surface area (Å²) in [5.41, 5.74) is 1.09. The maximum atomic E-state index is 12.7. The Kier molecular flexibility index (Phi) is 7.00. The van der Waals surface area contributed by atoms with Crippen molar-refractivity contribution in [2.45, 2.75) is 71.6 Å². The van der Waals surface area contributed by atoms with E-state index in [0.29, 0.717) is 24.6 Å². The fraction of sp³-hybridized carbons (Fsp3) is 0.650. The molecule has 0 aliphatic heterocycles. The van der Waals surface area contributed by atoms with Crippen LogP contribution in [0.15, 0.2) is 24.3 Å². The summed E-state index contributed by atoms with van der Waals surface area (Å²) < 4.78 is 5.59. The monoisotopic (exact) mass is 362 g/mol. The Hall–Kier alpha value is -2.11. The maximum absolute atomic E-state index is 12.7. The molecule has 0 N–H and O–H groups in total. The van der Waals surface area contributed by atoms with Gasteiger partial charge in [-0.2, -0.15) is 0 Å². The van der Waals surface area contributed by atoms with Crippen molar-refractivity contribution < 1.29 is 14.5 Å². The van der Waals surface area contributed by atoms with E-state index in [4.69, 9.17) is 4.74 Å². The Labute approximate surface area is 155 Å². The van der Waals surface area contributed by atoms with Gasteiger partial charge in [-0.05, 0) is 45.1 Å². The number of nitrogens with zero attached hydrogens (tertiary/aromatic N) is 2. The molecular weight excluding hydrogens is 332 g/mol. The molecule has 0 atom stereocenters. The maximum Gasteiger partial charge on any atom is 0.410 e. The Morgan fingerprint density at radius 2 is 1.73 bits per heavy atom. The van der Waals surface area contributed by atoms with E-state index in [-0.39, 0.29) is 17.6 Å². The quantitative estimate of drug-likeness (QED) is 0.539. The lowest BCUT2D eigenvalue weighted by atomic mass is 9.89. The zero-order valence-corrected chi connectivity index (χ0v) is 16.1. The zero-order chi connectivity index (χ0) is 19.2. The van der Waals surface area contributed by atoms with Crippen LogP contribution in [0.5, 0.6) is 0 Å². The topological polar surface area (TPSA) is 72.7 Å². The summed E-state index contributed by atoms with van der Waals surface area (Å²) in [5, 5.41) is 10.6. The predicted octanol–water partition coefficient (Wildman–Crippen LogP) is 4.78. The number of rotatable bonds is 6. The molecule has 1 aliphatic rings. The molecular formula is C20H30N2O4. The lowest BCUT2D eigenvalue weighted by Gasteiger charge is -2.31. The van der Waals surface area contributed by atoms with Crippen molar-refractivity contribution >= 4 is 6.09 Å². The van der Waals surface area contributed by atoms with Crippen LogP contribution < -0.4 is 0 Å². The molecule has 1 amide bonds. The first-order chi connectivity index (χ1) is 12.2. The molecule has 0 saturated heterocycles. The first-order valence-electron chi connectivity index (χ1n) is 9.40. The summed E-state index contributed by atoms with van der Waals surface area (Å²) >= 11 is 0. The molecule has 1 aliphatic carbocycles. The summed E-state index contributed by atoms with van der Waals surface area (Å²) in [6, 6.07) is 7.23. The molecule has 0 unspecified atom stereocenters. The fourth-order valence-electron chi connectivity index (χ4n) is 3.33. The molecule has 0 bridgehead atoms. The van der Waals surface area contributed by atoms with Crippen LogP contribution in [0.2, 0.25) is 0 Å². The summed E-state index contributed by atoms with van der Waals surface area (Å²) in [4.78, 5) is 24.7. The molecule has 0 radical (unpaired) electrons. The van der Waals surface area contributed by atoms with Crippen LogP contribution in [0.1, 0.15) is 64.0 Å². The van der Waals surface area contributed by atoms with E-state index in [9.17, 15) is 14.9 Å². The average molecular weight is 362 g/mol. The summed E-state index contributed by atoms with van der Waals surface area (Å²) in [6.45, 7) is 6.59. The molecule has 0 aromatic heterocycles. The standard InChI is InChI=1S/C20H30N2O4/c1-20(2,3)26-19(23)21(13-16-7-5-4-6-8-16)14-17-9-11-18(12-10-17)15-22(24)25/h9-12,16H,4-8,13-15H2,1-3H3. The lowest BCUT2D eigenvalue weighted by Crippen LogP contribution is -2.39. The minimum atomic E-state index is -0.530. The molecule has 0 heterocycles. The van der Waals surface area contributed by atoms with E-state index in [1.54, 1.807) is 17.0 Å². The van der Waals surface area contributed by atoms with Crippen LogP contribution >= 0.6 is 0 Å². The van der Waals surface area contributed by atoms with E-state index in [2.05, 4.69) is 0 Å². The predicted molar refractivity (Wildman–Crippen MR) is 100 cm³/mol. The van der Waals surface area contributed by atoms with Gasteiger partial charge in [0, 0.05) is 23.6 Å². The third kappa shape index (κ3) is 7.02. The van der Waals surface area contributed by atoms with Gasteiger partial charge in [-0.25, -0.2) is 4.79 Å². The van der Waals surface area contributed by atoms with E-state index in [1.807, 2.05) is 32.9 Å². The van der Waals surface area contributed by atoms with Gasteiger partial charge < -0.3 is 9.64 Å². The average Bonchev–Trinajstić information content (AvgIpc) is 2.55. The van der Waals surface area contributed by atoms with E-state index in [0.717, 1.165) is 18.4 Å². The number of carbonyl (C=O) groups excluding carboxylic acids is 1. The molecule has 26 heavy (non-hydrogen) atoms. The Morgan fingerprint density at radius 1 is 1.15 bits per heavy atom. The lowest BCUT2D eigenvalue weighted by molar-refractivity contribution is -0.496. The van der Waals surface area contributed by atoms with Crippen molar-refractivity contribution in [1.82, 2.24) is 4.90 Å². The molecule has 2 rings (SSSR count). The fourth-order valence-corrected chi connectivity index (χ4v) is 3.33. The number of nitro groups is 1. The van der Waals surface area contributed by atoms with Crippen molar-refractivity contribution in [3.05, 3.63) is 45.5 Å². The molecule has 1 saturated carbocycles. The second-order valence-corrected chi connectivity index (χ2v) is 8.17. The molecule has 6 nitrogen and oxygen atoms in total. The molecule has 1 aromatic rings. The van der Waals surface area contributed by atoms with Crippen LogP contribution in [0.3, 0.4) is 0 Å². The molecule has 1 fully saturated rings. The second-order valence-electron chi connectivity index (χ2n) is 8.17. The van der Waals surface area contributed by atoms with Crippen LogP contribution in [0.4, 0.5) is 4.79 Å². The van der Waals surface area contributed by atoms with Gasteiger partial charge in [-0.1, -0.05) is 43.5 Å². The Balaban J connectivity index is 2.06. The minimum Gasteiger partial charge on any atom is -0.444 e. The summed E-state index contributed by atoms with van der Waals surface area (Å²) in [6.07, 6.45) is 5.74. The number of amides is 1. The Morgan fingerprint density at radius 3 is 2.27 bits per heavy atom. The highest BCUT2D eigenvalue weighted by Crippen LogP contribution is 2.26. The largest absolute Gasteiger partial charge is 0.444 e. The molecule has 6 heteroatoms. The van der Waals surface area contributed by atoms with E-state index < -0.39 is 5.60 Å². The SMILES string of the molecule is CC(C)(C)OC(=O)N(Cc1ccc(C[N+](=O)[O-])cc1)CC1CCCCC1. The number of hydrogen-bond donors (Lipinski definition) is 0. The smallest absolute Gasteiger partial charge is 0.410 e. The minimum absolute atomic E-state index is 0.182. The van der Waals surface area contributed by atoms with Crippen LogP contribution in [-0.4, -0.2) is 28.1 Å². The van der Waals surface area contributed by atoms with Gasteiger partial charge in [-0.3, -0.25) is 10.1 Å². The third-order valence-electron chi connectivity index (χ3n) is 4.56.